The number of aromatic nitrogens is 1. The molecule has 0 unspecified atom stereocenters. The lowest BCUT2D eigenvalue weighted by atomic mass is 10.3. The SMILES string of the molecule is CCOC(=O)Cn1c(=NC(=O)CS(=O)(=O)c2ccc(OC)cc2)sc2cc(F)ccc21. The van der Waals surface area contributed by atoms with E-state index in [2.05, 4.69) is 4.99 Å². The number of methoxy groups -OCH3 is 1. The fraction of sp³-hybridized carbons (Fsp3) is 0.250. The van der Waals surface area contributed by atoms with Crippen LogP contribution in [-0.2, 0) is 30.7 Å². The summed E-state index contributed by atoms with van der Waals surface area (Å²) < 4.78 is 50.5. The zero-order chi connectivity index (χ0) is 22.6. The topological polar surface area (TPSA) is 104 Å². The molecule has 0 bridgehead atoms. The molecule has 1 aromatic heterocycles. The number of nitrogens with zero attached hydrogens (tertiary/aromatic N) is 2. The van der Waals surface area contributed by atoms with Crippen LogP contribution in [0.15, 0.2) is 52.4 Å². The van der Waals surface area contributed by atoms with Gasteiger partial charge in [0.25, 0.3) is 5.91 Å². The van der Waals surface area contributed by atoms with Gasteiger partial charge in [0.05, 0.1) is 28.8 Å². The number of esters is 1. The maximum atomic E-state index is 13.6. The Labute approximate surface area is 181 Å². The Bertz CT molecular complexity index is 1290. The van der Waals surface area contributed by atoms with Crippen LogP contribution < -0.4 is 9.54 Å². The van der Waals surface area contributed by atoms with E-state index < -0.39 is 33.3 Å². The monoisotopic (exact) mass is 466 g/mol. The first kappa shape index (κ1) is 22.6. The van der Waals surface area contributed by atoms with Crippen LogP contribution >= 0.6 is 11.3 Å². The Morgan fingerprint density at radius 3 is 2.52 bits per heavy atom. The molecule has 8 nitrogen and oxygen atoms in total. The van der Waals surface area contributed by atoms with Crippen LogP contribution in [0, 0.1) is 5.82 Å². The Balaban J connectivity index is 1.96. The first-order chi connectivity index (χ1) is 14.7. The third-order valence-corrected chi connectivity index (χ3v) is 6.85. The van der Waals surface area contributed by atoms with Crippen molar-refractivity contribution in [1.82, 2.24) is 4.57 Å². The fourth-order valence-corrected chi connectivity index (χ4v) is 4.97. The molecule has 11 heteroatoms. The fourth-order valence-electron chi connectivity index (χ4n) is 2.79. The highest BCUT2D eigenvalue weighted by atomic mass is 32.2. The third-order valence-electron chi connectivity index (χ3n) is 4.19. The molecular weight excluding hydrogens is 447 g/mol. The lowest BCUT2D eigenvalue weighted by Gasteiger charge is -2.05. The van der Waals surface area contributed by atoms with E-state index in [9.17, 15) is 22.4 Å². The molecule has 1 heterocycles. The molecule has 0 aliphatic rings. The van der Waals surface area contributed by atoms with Gasteiger partial charge in [0.2, 0.25) is 0 Å². The van der Waals surface area contributed by atoms with Gasteiger partial charge in [-0.1, -0.05) is 11.3 Å². The molecule has 0 fully saturated rings. The highest BCUT2D eigenvalue weighted by Crippen LogP contribution is 2.19. The first-order valence-corrected chi connectivity index (χ1v) is 11.6. The summed E-state index contributed by atoms with van der Waals surface area (Å²) in [6.07, 6.45) is 0. The molecule has 2 aromatic carbocycles. The van der Waals surface area contributed by atoms with Crippen molar-refractivity contribution in [2.75, 3.05) is 19.5 Å². The highest BCUT2D eigenvalue weighted by molar-refractivity contribution is 7.92. The quantitative estimate of drug-likeness (QED) is 0.495. The maximum Gasteiger partial charge on any atom is 0.326 e. The third kappa shape index (κ3) is 5.36. The molecular formula is C20H19FN2O6S2. The minimum atomic E-state index is -3.94. The second-order valence-corrected chi connectivity index (χ2v) is 9.33. The van der Waals surface area contributed by atoms with E-state index in [4.69, 9.17) is 9.47 Å². The molecule has 0 aliphatic carbocycles. The summed E-state index contributed by atoms with van der Waals surface area (Å²) >= 11 is 0.970. The van der Waals surface area contributed by atoms with Crippen molar-refractivity contribution in [3.8, 4) is 5.75 Å². The normalized spacial score (nSPS) is 12.2. The second-order valence-electron chi connectivity index (χ2n) is 6.33. The molecule has 0 aliphatic heterocycles. The highest BCUT2D eigenvalue weighted by Gasteiger charge is 2.20. The zero-order valence-electron chi connectivity index (χ0n) is 16.7. The second kappa shape index (κ2) is 9.40. The molecule has 0 N–H and O–H groups in total. The van der Waals surface area contributed by atoms with E-state index in [0.29, 0.717) is 16.0 Å². The largest absolute Gasteiger partial charge is 0.497 e. The number of carbonyl (C=O) groups excluding carboxylic acids is 2. The number of benzene rings is 2. The van der Waals surface area contributed by atoms with Gasteiger partial charge in [-0.2, -0.15) is 4.99 Å². The molecule has 0 spiro atoms. The number of fused-ring (bicyclic) bond motifs is 1. The Kier molecular flexibility index (Phi) is 6.86. The number of hydrogen-bond acceptors (Lipinski definition) is 7. The van der Waals surface area contributed by atoms with Crippen LogP contribution in [0.3, 0.4) is 0 Å². The van der Waals surface area contributed by atoms with E-state index in [1.807, 2.05) is 0 Å². The minimum Gasteiger partial charge on any atom is -0.497 e. The van der Waals surface area contributed by atoms with E-state index >= 15 is 0 Å². The first-order valence-electron chi connectivity index (χ1n) is 9.12. The van der Waals surface area contributed by atoms with Crippen molar-refractivity contribution in [1.29, 1.82) is 0 Å². The molecule has 0 atom stereocenters. The summed E-state index contributed by atoms with van der Waals surface area (Å²) in [6.45, 7) is 1.57. The molecule has 1 amide bonds. The Morgan fingerprint density at radius 1 is 1.16 bits per heavy atom. The van der Waals surface area contributed by atoms with Crippen molar-refractivity contribution in [2.24, 2.45) is 4.99 Å². The van der Waals surface area contributed by atoms with Crippen molar-refractivity contribution >= 4 is 43.3 Å². The van der Waals surface area contributed by atoms with Gasteiger partial charge in [0.1, 0.15) is 23.9 Å². The van der Waals surface area contributed by atoms with Crippen LogP contribution in [0.1, 0.15) is 6.92 Å². The smallest absolute Gasteiger partial charge is 0.326 e. The average molecular weight is 467 g/mol. The zero-order valence-corrected chi connectivity index (χ0v) is 18.3. The number of thiazole rings is 1. The molecule has 164 valence electrons. The van der Waals surface area contributed by atoms with E-state index in [1.54, 1.807) is 6.92 Å². The van der Waals surface area contributed by atoms with Gasteiger partial charge >= 0.3 is 5.97 Å². The van der Waals surface area contributed by atoms with Crippen molar-refractivity contribution in [2.45, 2.75) is 18.4 Å². The number of carbonyl (C=O) groups is 2. The van der Waals surface area contributed by atoms with Gasteiger partial charge in [0, 0.05) is 0 Å². The molecule has 31 heavy (non-hydrogen) atoms. The van der Waals surface area contributed by atoms with Crippen LogP contribution in [0.2, 0.25) is 0 Å². The maximum absolute atomic E-state index is 13.6. The van der Waals surface area contributed by atoms with Crippen molar-refractivity contribution in [3.63, 3.8) is 0 Å². The summed E-state index contributed by atoms with van der Waals surface area (Å²) in [5, 5.41) is 0. The summed E-state index contributed by atoms with van der Waals surface area (Å²) in [5.74, 6) is -2.35. The molecule has 3 rings (SSSR count). The number of halogens is 1. The number of rotatable bonds is 7. The molecule has 0 radical (unpaired) electrons. The average Bonchev–Trinajstić information content (AvgIpc) is 3.03. The standard InChI is InChI=1S/C20H19FN2O6S2/c1-3-29-19(25)11-23-16-9-4-13(21)10-17(16)30-20(23)22-18(24)12-31(26,27)15-7-5-14(28-2)6-8-15/h4-10H,3,11-12H2,1-2H3. The Morgan fingerprint density at radius 2 is 1.87 bits per heavy atom. The lowest BCUT2D eigenvalue weighted by molar-refractivity contribution is -0.143. The van der Waals surface area contributed by atoms with Gasteiger partial charge in [-0.3, -0.25) is 9.59 Å². The van der Waals surface area contributed by atoms with Crippen LogP contribution in [0.25, 0.3) is 10.2 Å². The summed E-state index contributed by atoms with van der Waals surface area (Å²) in [4.78, 5) is 28.4. The number of sulfone groups is 1. The van der Waals surface area contributed by atoms with Gasteiger partial charge in [-0.05, 0) is 49.4 Å². The van der Waals surface area contributed by atoms with Gasteiger partial charge < -0.3 is 14.0 Å². The van der Waals surface area contributed by atoms with Crippen molar-refractivity contribution < 1.29 is 31.9 Å². The number of hydrogen-bond donors (Lipinski definition) is 0. The van der Waals surface area contributed by atoms with E-state index in [0.717, 1.165) is 11.3 Å². The molecule has 3 aromatic rings. The van der Waals surface area contributed by atoms with Gasteiger partial charge in [-0.25, -0.2) is 12.8 Å². The van der Waals surface area contributed by atoms with Crippen LogP contribution in [0.5, 0.6) is 5.75 Å². The molecule has 0 saturated carbocycles. The van der Waals surface area contributed by atoms with E-state index in [-0.39, 0.29) is 22.8 Å². The van der Waals surface area contributed by atoms with Crippen molar-refractivity contribution in [3.05, 3.63) is 53.1 Å². The number of ether oxygens (including phenoxy) is 2. The van der Waals surface area contributed by atoms with Gasteiger partial charge in [-0.15, -0.1) is 0 Å². The van der Waals surface area contributed by atoms with Crippen LogP contribution in [-0.4, -0.2) is 44.3 Å². The summed E-state index contributed by atoms with van der Waals surface area (Å²) in [7, 11) is -2.49. The van der Waals surface area contributed by atoms with Gasteiger partial charge in [0.15, 0.2) is 14.6 Å². The minimum absolute atomic E-state index is 0.0466. The van der Waals surface area contributed by atoms with E-state index in [1.165, 1.54) is 54.1 Å². The number of amides is 1. The summed E-state index contributed by atoms with van der Waals surface area (Å²) in [5.41, 5.74) is 0.476. The Hall–Kier alpha value is -3.05. The van der Waals surface area contributed by atoms with Crippen LogP contribution in [0.4, 0.5) is 4.39 Å². The molecule has 0 saturated heterocycles. The predicted octanol–water partition coefficient (Wildman–Crippen LogP) is 2.31. The summed E-state index contributed by atoms with van der Waals surface area (Å²) in [6, 6.07) is 9.55. The predicted molar refractivity (Wildman–Crippen MR) is 112 cm³/mol. The lowest BCUT2D eigenvalue weighted by Crippen LogP contribution is -2.24.